The molecule has 9 nitrogen and oxygen atoms in total. The van der Waals surface area contributed by atoms with Gasteiger partial charge in [-0.15, -0.1) is 5.10 Å². The highest BCUT2D eigenvalue weighted by atomic mass is 16.5. The summed E-state index contributed by atoms with van der Waals surface area (Å²) in [6.07, 6.45) is 0. The monoisotopic (exact) mass is 332 g/mol. The van der Waals surface area contributed by atoms with Gasteiger partial charge in [-0.2, -0.15) is 0 Å². The fraction of sp³-hybridized carbons (Fsp3) is 0.533. The Kier molecular flexibility index (Phi) is 4.08. The Morgan fingerprint density at radius 3 is 2.83 bits per heavy atom. The molecule has 2 aromatic heterocycles. The third kappa shape index (κ3) is 2.77. The number of hydrogen-bond acceptors (Lipinski definition) is 6. The lowest BCUT2D eigenvalue weighted by molar-refractivity contribution is 0.0861. The Hall–Kier alpha value is -2.71. The molecule has 24 heavy (non-hydrogen) atoms. The van der Waals surface area contributed by atoms with Gasteiger partial charge < -0.3 is 15.2 Å². The summed E-state index contributed by atoms with van der Waals surface area (Å²) in [5, 5.41) is 17.3. The van der Waals surface area contributed by atoms with Gasteiger partial charge in [-0.3, -0.25) is 9.59 Å². The van der Waals surface area contributed by atoms with E-state index < -0.39 is 5.91 Å². The molecule has 0 spiro atoms. The van der Waals surface area contributed by atoms with E-state index in [0.717, 1.165) is 11.3 Å². The first-order valence-corrected chi connectivity index (χ1v) is 7.82. The van der Waals surface area contributed by atoms with E-state index in [0.29, 0.717) is 12.3 Å². The zero-order valence-corrected chi connectivity index (χ0v) is 14.1. The van der Waals surface area contributed by atoms with Crippen LogP contribution in [0.25, 0.3) is 0 Å². The quantitative estimate of drug-likeness (QED) is 0.846. The zero-order valence-electron chi connectivity index (χ0n) is 14.1. The van der Waals surface area contributed by atoms with Gasteiger partial charge in [0.25, 0.3) is 11.8 Å². The lowest BCUT2D eigenvalue weighted by atomic mass is 10.0. The second-order valence-electron chi connectivity index (χ2n) is 6.28. The van der Waals surface area contributed by atoms with Crippen molar-refractivity contribution in [1.82, 2.24) is 30.8 Å². The molecule has 0 bridgehead atoms. The van der Waals surface area contributed by atoms with Crippen LogP contribution in [0, 0.1) is 19.8 Å². The van der Waals surface area contributed by atoms with Crippen LogP contribution < -0.4 is 10.6 Å². The summed E-state index contributed by atoms with van der Waals surface area (Å²) < 4.78 is 6.56. The Morgan fingerprint density at radius 1 is 1.46 bits per heavy atom. The maximum atomic E-state index is 12.4. The van der Waals surface area contributed by atoms with Crippen molar-refractivity contribution in [2.45, 2.75) is 46.8 Å². The van der Waals surface area contributed by atoms with Crippen LogP contribution in [-0.4, -0.2) is 38.0 Å². The molecule has 1 aliphatic rings. The van der Waals surface area contributed by atoms with Crippen molar-refractivity contribution >= 4 is 11.8 Å². The van der Waals surface area contributed by atoms with Crippen molar-refractivity contribution in [3.8, 4) is 0 Å². The summed E-state index contributed by atoms with van der Waals surface area (Å²) in [7, 11) is 0. The number of nitrogens with one attached hydrogen (secondary N) is 2. The van der Waals surface area contributed by atoms with Crippen LogP contribution in [0.3, 0.4) is 0 Å². The van der Waals surface area contributed by atoms with Crippen molar-refractivity contribution in [1.29, 1.82) is 0 Å². The van der Waals surface area contributed by atoms with Gasteiger partial charge in [0.1, 0.15) is 5.76 Å². The average Bonchev–Trinajstić information content (AvgIpc) is 3.09. The molecule has 0 radical (unpaired) electrons. The van der Waals surface area contributed by atoms with Crippen LogP contribution in [0.5, 0.6) is 0 Å². The van der Waals surface area contributed by atoms with Crippen LogP contribution in [0.15, 0.2) is 4.52 Å². The predicted octanol–water partition coefficient (Wildman–Crippen LogP) is 0.581. The van der Waals surface area contributed by atoms with Crippen molar-refractivity contribution < 1.29 is 14.1 Å². The first-order valence-electron chi connectivity index (χ1n) is 7.82. The Morgan fingerprint density at radius 2 is 2.21 bits per heavy atom. The average molecular weight is 332 g/mol. The lowest BCUT2D eigenvalue weighted by Gasteiger charge is -2.27. The Balaban J connectivity index is 1.77. The molecule has 2 aromatic rings. The van der Waals surface area contributed by atoms with Gasteiger partial charge in [0.2, 0.25) is 0 Å². The summed E-state index contributed by atoms with van der Waals surface area (Å²) >= 11 is 0. The van der Waals surface area contributed by atoms with Gasteiger partial charge in [-0.1, -0.05) is 24.2 Å². The van der Waals surface area contributed by atoms with Crippen molar-refractivity contribution in [2.75, 3.05) is 0 Å². The summed E-state index contributed by atoms with van der Waals surface area (Å²) in [5.74, 6) is 0.139. The molecular formula is C15H20N6O3. The summed E-state index contributed by atoms with van der Waals surface area (Å²) in [4.78, 5) is 24.7. The number of aryl methyl sites for hydroxylation is 2. The van der Waals surface area contributed by atoms with E-state index in [9.17, 15) is 9.59 Å². The van der Waals surface area contributed by atoms with E-state index >= 15 is 0 Å². The lowest BCUT2D eigenvalue weighted by Crippen LogP contribution is -2.48. The molecule has 0 aromatic carbocycles. The number of aromatic nitrogens is 4. The largest absolute Gasteiger partial charge is 0.361 e. The highest BCUT2D eigenvalue weighted by Crippen LogP contribution is 2.16. The van der Waals surface area contributed by atoms with E-state index in [1.165, 1.54) is 4.68 Å². The molecule has 0 aliphatic carbocycles. The molecule has 128 valence electrons. The van der Waals surface area contributed by atoms with E-state index in [1.54, 1.807) is 13.8 Å². The molecule has 1 atom stereocenters. The van der Waals surface area contributed by atoms with Crippen LogP contribution in [-0.2, 0) is 13.1 Å². The molecular weight excluding hydrogens is 312 g/mol. The minimum atomic E-state index is -0.450. The molecule has 3 rings (SSSR count). The highest BCUT2D eigenvalue weighted by Gasteiger charge is 2.33. The molecule has 2 N–H and O–H groups in total. The normalized spacial score (nSPS) is 16.9. The van der Waals surface area contributed by atoms with E-state index in [-0.39, 0.29) is 35.8 Å². The van der Waals surface area contributed by atoms with Crippen molar-refractivity contribution in [3.63, 3.8) is 0 Å². The van der Waals surface area contributed by atoms with Crippen molar-refractivity contribution in [3.05, 3.63) is 28.4 Å². The SMILES string of the molecule is Cc1noc(C)c1CNC(=O)c1nnn2c1C(=O)NC(C(C)C)C2. The van der Waals surface area contributed by atoms with E-state index in [4.69, 9.17) is 4.52 Å². The van der Waals surface area contributed by atoms with Crippen LogP contribution in [0.2, 0.25) is 0 Å². The number of amides is 2. The van der Waals surface area contributed by atoms with Crippen LogP contribution in [0.4, 0.5) is 0 Å². The third-order valence-electron chi connectivity index (χ3n) is 4.26. The molecule has 2 amide bonds. The van der Waals surface area contributed by atoms with E-state index in [1.807, 2.05) is 13.8 Å². The number of nitrogens with zero attached hydrogens (tertiary/aromatic N) is 4. The Bertz CT molecular complexity index is 772. The first-order chi connectivity index (χ1) is 11.4. The van der Waals surface area contributed by atoms with Gasteiger partial charge in [0.05, 0.1) is 18.3 Å². The number of rotatable bonds is 4. The smallest absolute Gasteiger partial charge is 0.274 e. The molecule has 0 fully saturated rings. The fourth-order valence-corrected chi connectivity index (χ4v) is 2.67. The van der Waals surface area contributed by atoms with Gasteiger partial charge >= 0.3 is 0 Å². The second-order valence-corrected chi connectivity index (χ2v) is 6.28. The number of carbonyl (C=O) groups excluding carboxylic acids is 2. The maximum Gasteiger partial charge on any atom is 0.274 e. The van der Waals surface area contributed by atoms with Gasteiger partial charge in [-0.05, 0) is 19.8 Å². The number of hydrogen-bond donors (Lipinski definition) is 2. The fourth-order valence-electron chi connectivity index (χ4n) is 2.67. The number of fused-ring (bicyclic) bond motifs is 1. The molecule has 3 heterocycles. The van der Waals surface area contributed by atoms with Crippen LogP contribution >= 0.6 is 0 Å². The molecule has 0 saturated heterocycles. The van der Waals surface area contributed by atoms with Gasteiger partial charge in [0, 0.05) is 12.1 Å². The maximum absolute atomic E-state index is 12.4. The molecule has 1 aliphatic heterocycles. The number of carbonyl (C=O) groups is 2. The van der Waals surface area contributed by atoms with Crippen LogP contribution in [0.1, 0.15) is 51.8 Å². The summed E-state index contributed by atoms with van der Waals surface area (Å²) in [6, 6.07) is -0.0232. The topological polar surface area (TPSA) is 115 Å². The zero-order chi connectivity index (χ0) is 17.4. The standard InChI is InChI=1S/C15H20N6O3/c1-7(2)11-6-21-13(15(23)17-11)12(18-20-21)14(22)16-5-10-8(3)19-24-9(10)4/h7,11H,5-6H2,1-4H3,(H,16,22)(H,17,23). The minimum absolute atomic E-state index is 0.0232. The van der Waals surface area contributed by atoms with Gasteiger partial charge in [-0.25, -0.2) is 4.68 Å². The third-order valence-corrected chi connectivity index (χ3v) is 4.26. The van der Waals surface area contributed by atoms with Gasteiger partial charge in [0.15, 0.2) is 11.4 Å². The summed E-state index contributed by atoms with van der Waals surface area (Å²) in [5.41, 5.74) is 1.76. The summed E-state index contributed by atoms with van der Waals surface area (Å²) in [6.45, 7) is 8.37. The Labute approximate surface area is 138 Å². The van der Waals surface area contributed by atoms with Crippen molar-refractivity contribution in [2.24, 2.45) is 5.92 Å². The predicted molar refractivity (Wildman–Crippen MR) is 83.3 cm³/mol. The molecule has 0 saturated carbocycles. The molecule has 1 unspecified atom stereocenters. The van der Waals surface area contributed by atoms with E-state index in [2.05, 4.69) is 26.1 Å². The first kappa shape index (κ1) is 16.2. The highest BCUT2D eigenvalue weighted by molar-refractivity contribution is 6.05. The minimum Gasteiger partial charge on any atom is -0.361 e. The molecule has 9 heteroatoms. The second kappa shape index (κ2) is 6.06.